The van der Waals surface area contributed by atoms with Crippen LogP contribution in [0.15, 0.2) is 42.5 Å². The Morgan fingerprint density at radius 1 is 0.950 bits per heavy atom. The summed E-state index contributed by atoms with van der Waals surface area (Å²) in [6, 6.07) is 12.5. The zero-order valence-electron chi connectivity index (χ0n) is 23.9. The molecule has 2 aromatic carbocycles. The summed E-state index contributed by atoms with van der Waals surface area (Å²) in [4.78, 5) is 41.8. The highest BCUT2D eigenvalue weighted by atomic mass is 16.5. The molecule has 2 bridgehead atoms. The average Bonchev–Trinajstić information content (AvgIpc) is 3.80. The van der Waals surface area contributed by atoms with Crippen molar-refractivity contribution in [3.63, 3.8) is 0 Å². The van der Waals surface area contributed by atoms with Crippen molar-refractivity contribution in [3.8, 4) is 5.75 Å². The van der Waals surface area contributed by atoms with E-state index in [1.807, 2.05) is 31.2 Å². The summed E-state index contributed by atoms with van der Waals surface area (Å²) in [6.07, 6.45) is 5.71. The molecular formula is C32H42N4O4. The molecule has 40 heavy (non-hydrogen) atoms. The number of fused-ring (bicyclic) bond motifs is 1. The van der Waals surface area contributed by atoms with Crippen molar-refractivity contribution in [2.24, 2.45) is 5.92 Å². The van der Waals surface area contributed by atoms with Crippen LogP contribution >= 0.6 is 0 Å². The Kier molecular flexibility index (Phi) is 8.74. The Balaban J connectivity index is 1.39. The van der Waals surface area contributed by atoms with Crippen LogP contribution in [-0.2, 0) is 33.6 Å². The van der Waals surface area contributed by atoms with E-state index in [1.165, 1.54) is 10.5 Å². The fourth-order valence-electron chi connectivity index (χ4n) is 5.67. The number of likely N-dealkylation sites (N-methyl/N-ethyl adjacent to an activating group) is 1. The summed E-state index contributed by atoms with van der Waals surface area (Å²) in [5, 5.41) is 9.49. The van der Waals surface area contributed by atoms with E-state index in [1.54, 1.807) is 14.0 Å². The number of aryl methyl sites for hydroxylation is 3. The Bertz CT molecular complexity index is 1230. The predicted molar refractivity (Wildman–Crippen MR) is 154 cm³/mol. The fourth-order valence-corrected chi connectivity index (χ4v) is 5.67. The molecule has 5 rings (SSSR count). The number of benzene rings is 2. The van der Waals surface area contributed by atoms with Crippen LogP contribution in [0.1, 0.15) is 54.9 Å². The number of carbonyl (C=O) groups is 3. The van der Waals surface area contributed by atoms with Crippen LogP contribution < -0.4 is 20.7 Å². The molecular weight excluding hydrogens is 504 g/mol. The highest BCUT2D eigenvalue weighted by Crippen LogP contribution is 2.35. The van der Waals surface area contributed by atoms with Crippen LogP contribution in [0.3, 0.4) is 0 Å². The lowest BCUT2D eigenvalue weighted by atomic mass is 9.96. The van der Waals surface area contributed by atoms with Gasteiger partial charge in [0.15, 0.2) is 0 Å². The van der Waals surface area contributed by atoms with Crippen LogP contribution in [0, 0.1) is 12.8 Å². The van der Waals surface area contributed by atoms with Gasteiger partial charge in [-0.1, -0.05) is 48.0 Å². The minimum Gasteiger partial charge on any atom is -0.489 e. The number of nitrogens with zero attached hydrogens (tertiary/aromatic N) is 1. The van der Waals surface area contributed by atoms with Gasteiger partial charge in [0.05, 0.1) is 6.04 Å². The van der Waals surface area contributed by atoms with Crippen LogP contribution in [0.5, 0.6) is 5.75 Å². The van der Waals surface area contributed by atoms with Crippen molar-refractivity contribution in [2.75, 3.05) is 20.1 Å². The van der Waals surface area contributed by atoms with E-state index in [0.29, 0.717) is 19.5 Å². The van der Waals surface area contributed by atoms with Gasteiger partial charge in [-0.25, -0.2) is 0 Å². The van der Waals surface area contributed by atoms with Gasteiger partial charge in [-0.15, -0.1) is 0 Å². The molecule has 3 aliphatic rings. The molecule has 8 heteroatoms. The van der Waals surface area contributed by atoms with Gasteiger partial charge in [0, 0.05) is 26.6 Å². The molecule has 0 spiro atoms. The Morgan fingerprint density at radius 3 is 2.40 bits per heavy atom. The van der Waals surface area contributed by atoms with Gasteiger partial charge in [-0.05, 0) is 75.0 Å². The maximum Gasteiger partial charge on any atom is 0.243 e. The first-order valence-corrected chi connectivity index (χ1v) is 14.7. The number of amides is 3. The first-order chi connectivity index (χ1) is 19.3. The highest BCUT2D eigenvalue weighted by Gasteiger charge is 2.40. The minimum absolute atomic E-state index is 0.0187. The number of nitrogens with one attached hydrogen (secondary N) is 3. The van der Waals surface area contributed by atoms with Crippen LogP contribution in [0.4, 0.5) is 0 Å². The van der Waals surface area contributed by atoms with Crippen molar-refractivity contribution in [3.05, 3.63) is 64.7 Å². The molecule has 2 aromatic rings. The molecule has 1 unspecified atom stereocenters. The second kappa shape index (κ2) is 12.4. The molecule has 8 nitrogen and oxygen atoms in total. The topological polar surface area (TPSA) is 99.8 Å². The molecule has 1 fully saturated rings. The van der Waals surface area contributed by atoms with Crippen LogP contribution in [0.25, 0.3) is 0 Å². The lowest BCUT2D eigenvalue weighted by molar-refractivity contribution is -0.141. The lowest BCUT2D eigenvalue weighted by Crippen LogP contribution is -2.57. The van der Waals surface area contributed by atoms with Crippen molar-refractivity contribution in [1.29, 1.82) is 0 Å². The molecule has 2 heterocycles. The zero-order chi connectivity index (χ0) is 28.2. The smallest absolute Gasteiger partial charge is 0.243 e. The van der Waals surface area contributed by atoms with Gasteiger partial charge in [-0.2, -0.15) is 0 Å². The third-order valence-corrected chi connectivity index (χ3v) is 8.55. The largest absolute Gasteiger partial charge is 0.489 e. The third kappa shape index (κ3) is 6.66. The third-order valence-electron chi connectivity index (χ3n) is 8.55. The van der Waals surface area contributed by atoms with Crippen LogP contribution in [-0.4, -0.2) is 67.0 Å². The number of hydrogen-bond acceptors (Lipinski definition) is 5. The van der Waals surface area contributed by atoms with E-state index < -0.39 is 12.1 Å². The molecule has 0 radical (unpaired) electrons. The number of hydrogen-bond donors (Lipinski definition) is 3. The maximum atomic E-state index is 13.6. The predicted octanol–water partition coefficient (Wildman–Crippen LogP) is 2.69. The summed E-state index contributed by atoms with van der Waals surface area (Å²) in [5.41, 5.74) is 4.46. The molecule has 1 aliphatic carbocycles. The molecule has 1 saturated carbocycles. The second-order valence-electron chi connectivity index (χ2n) is 11.7. The molecule has 214 valence electrons. The SMILES string of the molecule is Cc1ccc(C[C@H]2NC(=O)[C@@H](C)N(C)C(=O)[C@H](C3CC3)NCC3CCc4cccc(c4O3)CCCNC2=O)cc1. The standard InChI is InChI=1S/C32H42N4O4/c1-20-9-11-22(12-10-20)18-27-31(38)33-17-5-8-24-6-4-7-25-15-16-26(40-29(24)25)19-34-28(23-13-14-23)32(39)36(3)21(2)30(37)35-27/h4,6-7,9-12,21,23,26-28,34H,5,8,13-19H2,1-3H3,(H,33,38)(H,35,37)/t21-,26?,27-,28+/m1/s1. The van der Waals surface area contributed by atoms with E-state index in [0.717, 1.165) is 61.0 Å². The number of ether oxygens (including phenoxy) is 1. The molecule has 0 saturated heterocycles. The normalized spacial score (nSPS) is 26.7. The van der Waals surface area contributed by atoms with E-state index in [2.05, 4.69) is 34.1 Å². The quantitative estimate of drug-likeness (QED) is 0.550. The number of rotatable bonds is 3. The molecule has 4 atom stereocenters. The summed E-state index contributed by atoms with van der Waals surface area (Å²) >= 11 is 0. The molecule has 0 aromatic heterocycles. The molecule has 3 amide bonds. The van der Waals surface area contributed by atoms with Gasteiger partial charge >= 0.3 is 0 Å². The van der Waals surface area contributed by atoms with Gasteiger partial charge in [0.1, 0.15) is 23.9 Å². The average molecular weight is 547 g/mol. The van der Waals surface area contributed by atoms with Gasteiger partial charge in [0.2, 0.25) is 17.7 Å². The second-order valence-corrected chi connectivity index (χ2v) is 11.7. The maximum absolute atomic E-state index is 13.6. The Morgan fingerprint density at radius 2 is 1.68 bits per heavy atom. The van der Waals surface area contributed by atoms with E-state index >= 15 is 0 Å². The van der Waals surface area contributed by atoms with Gasteiger partial charge in [-0.3, -0.25) is 14.4 Å². The number of para-hydroxylation sites is 1. The summed E-state index contributed by atoms with van der Waals surface area (Å²) in [5.74, 6) is 0.568. The fraction of sp³-hybridized carbons (Fsp3) is 0.531. The lowest BCUT2D eigenvalue weighted by Gasteiger charge is -2.32. The van der Waals surface area contributed by atoms with Gasteiger partial charge in [0.25, 0.3) is 0 Å². The van der Waals surface area contributed by atoms with Crippen molar-refractivity contribution >= 4 is 17.7 Å². The summed E-state index contributed by atoms with van der Waals surface area (Å²) in [7, 11) is 1.68. The monoisotopic (exact) mass is 546 g/mol. The van der Waals surface area contributed by atoms with Crippen LogP contribution in [0.2, 0.25) is 0 Å². The van der Waals surface area contributed by atoms with Gasteiger partial charge < -0.3 is 25.6 Å². The zero-order valence-corrected chi connectivity index (χ0v) is 23.9. The van der Waals surface area contributed by atoms with E-state index in [-0.39, 0.29) is 35.8 Å². The van der Waals surface area contributed by atoms with Crippen molar-refractivity contribution in [2.45, 2.75) is 83.0 Å². The highest BCUT2D eigenvalue weighted by molar-refractivity contribution is 5.93. The first-order valence-electron chi connectivity index (χ1n) is 14.7. The Hall–Kier alpha value is -3.39. The van der Waals surface area contributed by atoms with E-state index in [9.17, 15) is 14.4 Å². The minimum atomic E-state index is -0.744. The summed E-state index contributed by atoms with van der Waals surface area (Å²) in [6.45, 7) is 4.82. The molecule has 3 N–H and O–H groups in total. The van der Waals surface area contributed by atoms with Crippen molar-refractivity contribution in [1.82, 2.24) is 20.9 Å². The van der Waals surface area contributed by atoms with E-state index in [4.69, 9.17) is 4.74 Å². The summed E-state index contributed by atoms with van der Waals surface area (Å²) < 4.78 is 6.48. The van der Waals surface area contributed by atoms with Crippen molar-refractivity contribution < 1.29 is 19.1 Å². The first kappa shape index (κ1) is 28.1. The molecule has 2 aliphatic heterocycles. The number of carbonyl (C=O) groups excluding carboxylic acids is 3. The Labute approximate surface area is 237 Å².